The summed E-state index contributed by atoms with van der Waals surface area (Å²) in [5, 5.41) is 12.1. The summed E-state index contributed by atoms with van der Waals surface area (Å²) in [6, 6.07) is -0.271. The second kappa shape index (κ2) is 6.95. The molecule has 4 nitrogen and oxygen atoms in total. The van der Waals surface area contributed by atoms with E-state index in [-0.39, 0.29) is 18.7 Å². The van der Waals surface area contributed by atoms with Gasteiger partial charge in [0.2, 0.25) is 0 Å². The Hall–Kier alpha value is -0.420. The zero-order chi connectivity index (χ0) is 11.1. The third-order valence-corrected chi connectivity index (χ3v) is 3.16. The molecule has 0 aromatic heterocycles. The van der Waals surface area contributed by atoms with Crippen LogP contribution in [0.5, 0.6) is 0 Å². The average Bonchev–Trinajstić information content (AvgIpc) is 2.22. The number of nitrogens with zero attached hydrogens (tertiary/aromatic N) is 1. The van der Waals surface area contributed by atoms with Gasteiger partial charge in [-0.25, -0.2) is 4.79 Å². The molecule has 14 heavy (non-hydrogen) atoms. The van der Waals surface area contributed by atoms with E-state index in [1.807, 2.05) is 6.26 Å². The number of hydrogen-bond acceptors (Lipinski definition) is 3. The van der Waals surface area contributed by atoms with Crippen molar-refractivity contribution in [2.24, 2.45) is 0 Å². The van der Waals surface area contributed by atoms with Crippen LogP contribution in [0.1, 0.15) is 13.8 Å². The van der Waals surface area contributed by atoms with Gasteiger partial charge >= 0.3 is 6.03 Å². The molecule has 2 atom stereocenters. The molecule has 2 N–H and O–H groups in total. The van der Waals surface area contributed by atoms with Crippen LogP contribution >= 0.6 is 11.8 Å². The predicted molar refractivity (Wildman–Crippen MR) is 60.7 cm³/mol. The third kappa shape index (κ3) is 4.72. The second-order valence-electron chi connectivity index (χ2n) is 3.37. The minimum absolute atomic E-state index is 0.0119. The van der Waals surface area contributed by atoms with Crippen molar-refractivity contribution < 1.29 is 9.90 Å². The van der Waals surface area contributed by atoms with Crippen molar-refractivity contribution in [2.75, 3.05) is 26.5 Å². The van der Waals surface area contributed by atoms with Crippen LogP contribution < -0.4 is 5.32 Å². The number of aliphatic hydroxyl groups is 1. The van der Waals surface area contributed by atoms with Crippen LogP contribution in [0.4, 0.5) is 4.79 Å². The normalized spacial score (nSPS) is 14.6. The van der Waals surface area contributed by atoms with Gasteiger partial charge < -0.3 is 15.3 Å². The fourth-order valence-corrected chi connectivity index (χ4v) is 1.01. The van der Waals surface area contributed by atoms with E-state index in [2.05, 4.69) is 12.2 Å². The van der Waals surface area contributed by atoms with Crippen molar-refractivity contribution >= 4 is 17.8 Å². The van der Waals surface area contributed by atoms with Crippen molar-refractivity contribution in [1.82, 2.24) is 10.2 Å². The first-order valence-electron chi connectivity index (χ1n) is 4.67. The van der Waals surface area contributed by atoms with Crippen molar-refractivity contribution in [3.63, 3.8) is 0 Å². The topological polar surface area (TPSA) is 52.6 Å². The van der Waals surface area contributed by atoms with Crippen LogP contribution in [0.15, 0.2) is 0 Å². The van der Waals surface area contributed by atoms with Crippen LogP contribution in [0.3, 0.4) is 0 Å². The highest BCUT2D eigenvalue weighted by molar-refractivity contribution is 7.99. The standard InChI is InChI=1S/C9H20N2O2S/c1-7(6-12)11(3)9(13)10-5-8(2)14-4/h7-8,12H,5-6H2,1-4H3,(H,10,13). The molecule has 0 aliphatic rings. The van der Waals surface area contributed by atoms with E-state index in [0.29, 0.717) is 11.8 Å². The molecular weight excluding hydrogens is 200 g/mol. The minimum Gasteiger partial charge on any atom is -0.394 e. The summed E-state index contributed by atoms with van der Waals surface area (Å²) < 4.78 is 0. The van der Waals surface area contributed by atoms with E-state index in [4.69, 9.17) is 5.11 Å². The summed E-state index contributed by atoms with van der Waals surface area (Å²) in [6.07, 6.45) is 2.01. The highest BCUT2D eigenvalue weighted by Gasteiger charge is 2.14. The summed E-state index contributed by atoms with van der Waals surface area (Å²) in [4.78, 5) is 13.0. The van der Waals surface area contributed by atoms with Crippen LogP contribution in [-0.2, 0) is 0 Å². The van der Waals surface area contributed by atoms with Gasteiger partial charge in [0.05, 0.1) is 12.6 Å². The lowest BCUT2D eigenvalue weighted by Gasteiger charge is -2.24. The van der Waals surface area contributed by atoms with Gasteiger partial charge in [-0.1, -0.05) is 6.92 Å². The smallest absolute Gasteiger partial charge is 0.317 e. The van der Waals surface area contributed by atoms with Crippen LogP contribution in [0.2, 0.25) is 0 Å². The van der Waals surface area contributed by atoms with E-state index in [9.17, 15) is 4.79 Å². The molecule has 0 radical (unpaired) electrons. The van der Waals surface area contributed by atoms with Gasteiger partial charge in [-0.2, -0.15) is 11.8 Å². The number of nitrogens with one attached hydrogen (secondary N) is 1. The highest BCUT2D eigenvalue weighted by atomic mass is 32.2. The predicted octanol–water partition coefficient (Wildman–Crippen LogP) is 0.760. The zero-order valence-electron chi connectivity index (χ0n) is 9.28. The van der Waals surface area contributed by atoms with E-state index in [1.54, 1.807) is 25.7 Å². The van der Waals surface area contributed by atoms with Crippen LogP contribution in [0.25, 0.3) is 0 Å². The Bertz CT molecular complexity index is 178. The Morgan fingerprint density at radius 2 is 2.14 bits per heavy atom. The Labute approximate surface area is 90.0 Å². The lowest BCUT2D eigenvalue weighted by atomic mass is 10.3. The first kappa shape index (κ1) is 13.6. The van der Waals surface area contributed by atoms with Crippen molar-refractivity contribution in [3.05, 3.63) is 0 Å². The number of carbonyl (C=O) groups is 1. The van der Waals surface area contributed by atoms with E-state index in [1.165, 1.54) is 4.90 Å². The van der Waals surface area contributed by atoms with Gasteiger partial charge in [-0.15, -0.1) is 0 Å². The van der Waals surface area contributed by atoms with Crippen molar-refractivity contribution in [1.29, 1.82) is 0 Å². The molecule has 0 aliphatic carbocycles. The summed E-state index contributed by atoms with van der Waals surface area (Å²) >= 11 is 1.71. The fourth-order valence-electron chi connectivity index (χ4n) is 0.762. The molecule has 0 spiro atoms. The molecule has 0 aromatic rings. The molecule has 0 saturated heterocycles. The maximum absolute atomic E-state index is 11.5. The lowest BCUT2D eigenvalue weighted by molar-refractivity contribution is 0.157. The largest absolute Gasteiger partial charge is 0.394 e. The number of likely N-dealkylation sites (N-methyl/N-ethyl adjacent to an activating group) is 1. The zero-order valence-corrected chi connectivity index (χ0v) is 10.1. The molecule has 0 heterocycles. The summed E-state index contributed by atoms with van der Waals surface area (Å²) in [5.74, 6) is 0. The Morgan fingerprint density at radius 3 is 2.57 bits per heavy atom. The van der Waals surface area contributed by atoms with E-state index >= 15 is 0 Å². The Kier molecular flexibility index (Phi) is 6.74. The van der Waals surface area contributed by atoms with Gasteiger partial charge in [0.15, 0.2) is 0 Å². The molecule has 0 saturated carbocycles. The first-order chi connectivity index (χ1) is 6.52. The highest BCUT2D eigenvalue weighted by Crippen LogP contribution is 2.03. The number of aliphatic hydroxyl groups excluding tert-OH is 1. The molecular formula is C9H20N2O2S. The maximum atomic E-state index is 11.5. The van der Waals surface area contributed by atoms with Gasteiger partial charge in [-0.3, -0.25) is 0 Å². The number of carbonyl (C=O) groups excluding carboxylic acids is 1. The fraction of sp³-hybridized carbons (Fsp3) is 0.889. The van der Waals surface area contributed by atoms with Gasteiger partial charge in [0.25, 0.3) is 0 Å². The maximum Gasteiger partial charge on any atom is 0.317 e. The monoisotopic (exact) mass is 220 g/mol. The Morgan fingerprint density at radius 1 is 1.57 bits per heavy atom. The molecule has 84 valence electrons. The second-order valence-corrected chi connectivity index (χ2v) is 4.65. The number of amides is 2. The number of rotatable bonds is 5. The number of urea groups is 1. The molecule has 0 aliphatic heterocycles. The third-order valence-electron chi connectivity index (χ3n) is 2.19. The Balaban J connectivity index is 3.84. The lowest BCUT2D eigenvalue weighted by Crippen LogP contribution is -2.45. The molecule has 0 rings (SSSR count). The van der Waals surface area contributed by atoms with Crippen molar-refractivity contribution in [2.45, 2.75) is 25.1 Å². The molecule has 2 amide bonds. The van der Waals surface area contributed by atoms with E-state index in [0.717, 1.165) is 0 Å². The average molecular weight is 220 g/mol. The molecule has 2 unspecified atom stereocenters. The number of hydrogen-bond donors (Lipinski definition) is 2. The van der Waals surface area contributed by atoms with Gasteiger partial charge in [0, 0.05) is 18.8 Å². The first-order valence-corrected chi connectivity index (χ1v) is 5.96. The summed E-state index contributed by atoms with van der Waals surface area (Å²) in [6.45, 7) is 4.50. The molecule has 0 aromatic carbocycles. The minimum atomic E-state index is -0.139. The molecule has 0 bridgehead atoms. The van der Waals surface area contributed by atoms with E-state index < -0.39 is 0 Å². The number of thioether (sulfide) groups is 1. The van der Waals surface area contributed by atoms with Crippen molar-refractivity contribution in [3.8, 4) is 0 Å². The van der Waals surface area contributed by atoms with Gasteiger partial charge in [-0.05, 0) is 13.2 Å². The molecule has 5 heteroatoms. The summed E-state index contributed by atoms with van der Waals surface area (Å²) in [7, 11) is 1.68. The van der Waals surface area contributed by atoms with Crippen LogP contribution in [-0.4, -0.2) is 53.8 Å². The molecule has 0 fully saturated rings. The van der Waals surface area contributed by atoms with Crippen LogP contribution in [0, 0.1) is 0 Å². The quantitative estimate of drug-likeness (QED) is 0.719. The SMILES string of the molecule is CSC(C)CNC(=O)N(C)C(C)CO. The van der Waals surface area contributed by atoms with Gasteiger partial charge in [0.1, 0.15) is 0 Å². The summed E-state index contributed by atoms with van der Waals surface area (Å²) in [5.41, 5.74) is 0.